The second-order valence-electron chi connectivity index (χ2n) is 7.83. The first kappa shape index (κ1) is 20.1. The van der Waals surface area contributed by atoms with E-state index in [4.69, 9.17) is 0 Å². The van der Waals surface area contributed by atoms with Crippen molar-refractivity contribution in [1.82, 2.24) is 9.62 Å². The highest BCUT2D eigenvalue weighted by Crippen LogP contribution is 2.25. The Balaban J connectivity index is 1.30. The Morgan fingerprint density at radius 3 is 2.45 bits per heavy atom. The number of fused-ring (bicyclic) bond motifs is 2. The standard InChI is InChI=1S/C24H28N2O2S/c1-19-12-13-24(23-11-5-4-10-22(19)23)29(27,28)25-15-6-7-16-26-17-14-20-8-2-3-9-21(20)18-26/h2-5,8-13,25H,6-7,14-18H2,1H3. The van der Waals surface area contributed by atoms with Crippen molar-refractivity contribution in [3.63, 3.8) is 0 Å². The fourth-order valence-electron chi connectivity index (χ4n) is 4.15. The van der Waals surface area contributed by atoms with E-state index >= 15 is 0 Å². The minimum Gasteiger partial charge on any atom is -0.299 e. The number of sulfonamides is 1. The summed E-state index contributed by atoms with van der Waals surface area (Å²) in [6.07, 6.45) is 2.92. The van der Waals surface area contributed by atoms with E-state index in [0.717, 1.165) is 55.2 Å². The van der Waals surface area contributed by atoms with Crippen molar-refractivity contribution in [2.75, 3.05) is 19.6 Å². The Morgan fingerprint density at radius 1 is 0.897 bits per heavy atom. The molecule has 0 amide bonds. The van der Waals surface area contributed by atoms with E-state index in [2.05, 4.69) is 33.9 Å². The lowest BCUT2D eigenvalue weighted by Gasteiger charge is -2.28. The second-order valence-corrected chi connectivity index (χ2v) is 9.56. The monoisotopic (exact) mass is 408 g/mol. The Morgan fingerprint density at radius 2 is 1.62 bits per heavy atom. The van der Waals surface area contributed by atoms with Crippen LogP contribution < -0.4 is 4.72 Å². The van der Waals surface area contributed by atoms with E-state index in [-0.39, 0.29) is 0 Å². The van der Waals surface area contributed by atoms with E-state index in [9.17, 15) is 8.42 Å². The molecule has 0 spiro atoms. The molecule has 4 rings (SSSR count). The lowest BCUT2D eigenvalue weighted by molar-refractivity contribution is 0.249. The summed E-state index contributed by atoms with van der Waals surface area (Å²) >= 11 is 0. The summed E-state index contributed by atoms with van der Waals surface area (Å²) in [6, 6.07) is 19.9. The summed E-state index contributed by atoms with van der Waals surface area (Å²) in [5.74, 6) is 0. The van der Waals surface area contributed by atoms with Crippen molar-refractivity contribution >= 4 is 20.8 Å². The van der Waals surface area contributed by atoms with Gasteiger partial charge in [0.05, 0.1) is 4.90 Å². The van der Waals surface area contributed by atoms with E-state index in [0.29, 0.717) is 11.4 Å². The summed E-state index contributed by atoms with van der Waals surface area (Å²) in [6.45, 7) is 5.55. The molecule has 1 N–H and O–H groups in total. The third kappa shape index (κ3) is 4.53. The van der Waals surface area contributed by atoms with E-state index in [1.54, 1.807) is 6.07 Å². The normalized spacial score (nSPS) is 14.8. The van der Waals surface area contributed by atoms with Gasteiger partial charge >= 0.3 is 0 Å². The van der Waals surface area contributed by atoms with Gasteiger partial charge in [-0.3, -0.25) is 4.90 Å². The Bertz CT molecular complexity index is 1110. The molecule has 0 fully saturated rings. The quantitative estimate of drug-likeness (QED) is 0.594. The summed E-state index contributed by atoms with van der Waals surface area (Å²) in [5, 5.41) is 1.77. The smallest absolute Gasteiger partial charge is 0.241 e. The molecule has 3 aromatic rings. The zero-order chi connectivity index (χ0) is 20.3. The van der Waals surface area contributed by atoms with Gasteiger partial charge in [0.2, 0.25) is 10.0 Å². The summed E-state index contributed by atoms with van der Waals surface area (Å²) < 4.78 is 28.5. The largest absolute Gasteiger partial charge is 0.299 e. The van der Waals surface area contributed by atoms with E-state index in [1.807, 2.05) is 37.3 Å². The molecule has 0 aliphatic carbocycles. The topological polar surface area (TPSA) is 49.4 Å². The van der Waals surface area contributed by atoms with Gasteiger partial charge in [-0.2, -0.15) is 0 Å². The predicted octanol–water partition coefficient (Wildman–Crippen LogP) is 4.27. The van der Waals surface area contributed by atoms with Gasteiger partial charge in [0.15, 0.2) is 0 Å². The number of nitrogens with one attached hydrogen (secondary N) is 1. The molecule has 5 heteroatoms. The Kier molecular flexibility index (Phi) is 5.99. The van der Waals surface area contributed by atoms with Gasteiger partial charge in [-0.15, -0.1) is 0 Å². The SMILES string of the molecule is Cc1ccc(S(=O)(=O)NCCCCN2CCc3ccccc3C2)c2ccccc12. The fraction of sp³-hybridized carbons (Fsp3) is 0.333. The maximum absolute atomic E-state index is 12.8. The first-order valence-electron chi connectivity index (χ1n) is 10.3. The van der Waals surface area contributed by atoms with Crippen molar-refractivity contribution in [2.24, 2.45) is 0 Å². The zero-order valence-corrected chi connectivity index (χ0v) is 17.7. The van der Waals surface area contributed by atoms with Gasteiger partial charge in [-0.25, -0.2) is 13.1 Å². The van der Waals surface area contributed by atoms with Crippen molar-refractivity contribution < 1.29 is 8.42 Å². The second kappa shape index (κ2) is 8.66. The van der Waals surface area contributed by atoms with Gasteiger partial charge in [0.25, 0.3) is 0 Å². The molecule has 0 saturated carbocycles. The van der Waals surface area contributed by atoms with Crippen LogP contribution in [0.25, 0.3) is 10.8 Å². The average molecular weight is 409 g/mol. The number of unbranched alkanes of at least 4 members (excludes halogenated alkanes) is 1. The molecule has 0 aromatic heterocycles. The third-order valence-corrected chi connectivity index (χ3v) is 7.31. The molecule has 0 unspecified atom stereocenters. The number of benzene rings is 3. The van der Waals surface area contributed by atoms with Crippen molar-refractivity contribution in [1.29, 1.82) is 0 Å². The van der Waals surface area contributed by atoms with Crippen molar-refractivity contribution in [2.45, 2.75) is 37.6 Å². The molecule has 0 atom stereocenters. The van der Waals surface area contributed by atoms with Gasteiger partial charge in [-0.05, 0) is 60.9 Å². The molecule has 1 aliphatic heterocycles. The molecule has 1 aliphatic rings. The molecule has 29 heavy (non-hydrogen) atoms. The van der Waals surface area contributed by atoms with Crippen LogP contribution in [0.15, 0.2) is 65.6 Å². The van der Waals surface area contributed by atoms with Crippen LogP contribution >= 0.6 is 0 Å². The number of hydrogen-bond acceptors (Lipinski definition) is 3. The molecule has 0 radical (unpaired) electrons. The van der Waals surface area contributed by atoms with Gasteiger partial charge in [-0.1, -0.05) is 54.6 Å². The summed E-state index contributed by atoms with van der Waals surface area (Å²) in [4.78, 5) is 2.83. The van der Waals surface area contributed by atoms with Crippen LogP contribution in [-0.4, -0.2) is 33.0 Å². The number of rotatable bonds is 7. The highest BCUT2D eigenvalue weighted by Gasteiger charge is 2.18. The molecule has 152 valence electrons. The van der Waals surface area contributed by atoms with Crippen LogP contribution in [0.1, 0.15) is 29.5 Å². The zero-order valence-electron chi connectivity index (χ0n) is 16.9. The van der Waals surface area contributed by atoms with Crippen LogP contribution in [0.4, 0.5) is 0 Å². The van der Waals surface area contributed by atoms with Crippen LogP contribution in [-0.2, 0) is 23.0 Å². The van der Waals surface area contributed by atoms with Gasteiger partial charge in [0, 0.05) is 25.0 Å². The van der Waals surface area contributed by atoms with Crippen LogP contribution in [0, 0.1) is 6.92 Å². The van der Waals surface area contributed by atoms with Gasteiger partial charge in [0.1, 0.15) is 0 Å². The first-order chi connectivity index (χ1) is 14.0. The lowest BCUT2D eigenvalue weighted by atomic mass is 10.00. The van der Waals surface area contributed by atoms with Crippen LogP contribution in [0.2, 0.25) is 0 Å². The number of aryl methyl sites for hydroxylation is 1. The van der Waals surface area contributed by atoms with Gasteiger partial charge < -0.3 is 0 Å². The van der Waals surface area contributed by atoms with Crippen molar-refractivity contribution in [3.05, 3.63) is 77.4 Å². The number of hydrogen-bond donors (Lipinski definition) is 1. The highest BCUT2D eigenvalue weighted by molar-refractivity contribution is 7.89. The first-order valence-corrected chi connectivity index (χ1v) is 11.8. The minimum atomic E-state index is -3.51. The Labute approximate surface area is 173 Å². The maximum Gasteiger partial charge on any atom is 0.241 e. The Hall–Kier alpha value is -2.21. The molecule has 0 bridgehead atoms. The van der Waals surface area contributed by atoms with Crippen LogP contribution in [0.5, 0.6) is 0 Å². The van der Waals surface area contributed by atoms with E-state index in [1.165, 1.54) is 11.1 Å². The molecular formula is C24H28N2O2S. The van der Waals surface area contributed by atoms with E-state index < -0.39 is 10.0 Å². The molecular weight excluding hydrogens is 380 g/mol. The molecule has 3 aromatic carbocycles. The molecule has 4 nitrogen and oxygen atoms in total. The summed E-state index contributed by atoms with van der Waals surface area (Å²) in [5.41, 5.74) is 3.97. The molecule has 0 saturated heterocycles. The summed E-state index contributed by atoms with van der Waals surface area (Å²) in [7, 11) is -3.51. The van der Waals surface area contributed by atoms with Crippen LogP contribution in [0.3, 0.4) is 0 Å². The number of nitrogens with zero attached hydrogens (tertiary/aromatic N) is 1. The fourth-order valence-corrected chi connectivity index (χ4v) is 5.43. The lowest BCUT2D eigenvalue weighted by Crippen LogP contribution is -2.32. The third-order valence-electron chi connectivity index (χ3n) is 5.79. The molecule has 1 heterocycles. The minimum absolute atomic E-state index is 0.367. The predicted molar refractivity (Wildman–Crippen MR) is 119 cm³/mol. The van der Waals surface area contributed by atoms with Crippen molar-refractivity contribution in [3.8, 4) is 0 Å². The average Bonchev–Trinajstić information content (AvgIpc) is 2.73. The highest BCUT2D eigenvalue weighted by atomic mass is 32.2. The maximum atomic E-state index is 12.8.